The van der Waals surface area contributed by atoms with Gasteiger partial charge in [0.05, 0.1) is 29.0 Å². The Morgan fingerprint density at radius 2 is 1.57 bits per heavy atom. The topological polar surface area (TPSA) is 148 Å². The molecular formula is C10H9N3O8. The lowest BCUT2D eigenvalue weighted by atomic mass is 10.1. The molecule has 0 saturated heterocycles. The van der Waals surface area contributed by atoms with E-state index >= 15 is 0 Å². The summed E-state index contributed by atoms with van der Waals surface area (Å²) in [6.07, 6.45) is 1.44. The number of nitro groups is 3. The molecule has 1 rings (SSSR count). The summed E-state index contributed by atoms with van der Waals surface area (Å²) in [5.74, 6) is -0.874. The summed E-state index contributed by atoms with van der Waals surface area (Å²) in [6.45, 7) is 0. The highest BCUT2D eigenvalue weighted by molar-refractivity contribution is 5.77. The van der Waals surface area contributed by atoms with E-state index in [0.717, 1.165) is 26.4 Å². The van der Waals surface area contributed by atoms with E-state index in [4.69, 9.17) is 9.47 Å². The lowest BCUT2D eigenvalue weighted by Crippen LogP contribution is -2.04. The van der Waals surface area contributed by atoms with Crippen molar-refractivity contribution in [3.63, 3.8) is 0 Å². The fraction of sp³-hybridized carbons (Fsp3) is 0.200. The monoisotopic (exact) mass is 299 g/mol. The first-order chi connectivity index (χ1) is 9.83. The molecule has 0 N–H and O–H groups in total. The molecule has 0 atom stereocenters. The third-order valence-electron chi connectivity index (χ3n) is 2.39. The highest BCUT2D eigenvalue weighted by atomic mass is 16.6. The molecule has 0 unspecified atom stereocenters. The van der Waals surface area contributed by atoms with Gasteiger partial charge in [0.15, 0.2) is 0 Å². The maximum absolute atomic E-state index is 11.1. The van der Waals surface area contributed by atoms with Crippen molar-refractivity contribution in [3.8, 4) is 11.5 Å². The number of nitro benzene ring substituents is 2. The number of rotatable bonds is 6. The Balaban J connectivity index is 3.77. The predicted octanol–water partition coefficient (Wildman–Crippen LogP) is 1.77. The largest absolute Gasteiger partial charge is 0.490 e. The number of hydrogen-bond donors (Lipinski definition) is 0. The number of nitrogens with zero attached hydrogens (tertiary/aromatic N) is 3. The van der Waals surface area contributed by atoms with Crippen LogP contribution in [-0.4, -0.2) is 29.0 Å². The van der Waals surface area contributed by atoms with Gasteiger partial charge in [-0.05, 0) is 6.07 Å². The molecule has 0 spiro atoms. The van der Waals surface area contributed by atoms with Crippen LogP contribution in [0.4, 0.5) is 11.4 Å². The molecule has 0 aliphatic carbocycles. The van der Waals surface area contributed by atoms with Crippen molar-refractivity contribution >= 4 is 17.5 Å². The Morgan fingerprint density at radius 1 is 1.00 bits per heavy atom. The zero-order valence-electron chi connectivity index (χ0n) is 10.8. The van der Waals surface area contributed by atoms with Gasteiger partial charge < -0.3 is 9.47 Å². The van der Waals surface area contributed by atoms with E-state index in [1.54, 1.807) is 0 Å². The molecule has 1 aromatic rings. The van der Waals surface area contributed by atoms with E-state index in [0.29, 0.717) is 6.20 Å². The maximum atomic E-state index is 11.1. The summed E-state index contributed by atoms with van der Waals surface area (Å²) in [6, 6.07) is 1.05. The zero-order valence-corrected chi connectivity index (χ0v) is 10.8. The Bertz CT molecular complexity index is 640. The van der Waals surface area contributed by atoms with Crippen molar-refractivity contribution in [1.29, 1.82) is 0 Å². The predicted molar refractivity (Wildman–Crippen MR) is 68.9 cm³/mol. The molecule has 21 heavy (non-hydrogen) atoms. The van der Waals surface area contributed by atoms with Crippen molar-refractivity contribution in [1.82, 2.24) is 0 Å². The lowest BCUT2D eigenvalue weighted by molar-refractivity contribution is -0.423. The van der Waals surface area contributed by atoms with Gasteiger partial charge in [0.1, 0.15) is 0 Å². The first-order valence-corrected chi connectivity index (χ1v) is 5.22. The summed E-state index contributed by atoms with van der Waals surface area (Å²) in [5.41, 5.74) is -1.93. The van der Waals surface area contributed by atoms with E-state index in [1.165, 1.54) is 0 Å². The van der Waals surface area contributed by atoms with Crippen LogP contribution < -0.4 is 9.47 Å². The van der Waals surface area contributed by atoms with Gasteiger partial charge in [-0.25, -0.2) is 0 Å². The molecule has 0 radical (unpaired) electrons. The molecule has 0 amide bonds. The molecule has 0 saturated carbocycles. The van der Waals surface area contributed by atoms with E-state index in [1.807, 2.05) is 0 Å². The summed E-state index contributed by atoms with van der Waals surface area (Å²) < 4.78 is 9.52. The average Bonchev–Trinajstić information content (AvgIpc) is 2.42. The normalized spacial score (nSPS) is 10.4. The molecule has 1 aromatic carbocycles. The number of ether oxygens (including phenoxy) is 2. The van der Waals surface area contributed by atoms with Gasteiger partial charge in [0.25, 0.3) is 0 Å². The molecule has 11 nitrogen and oxygen atoms in total. The van der Waals surface area contributed by atoms with Crippen LogP contribution in [-0.2, 0) is 0 Å². The Labute approximate surface area is 116 Å². The van der Waals surface area contributed by atoms with Crippen molar-refractivity contribution in [2.45, 2.75) is 0 Å². The molecule has 0 bridgehead atoms. The van der Waals surface area contributed by atoms with Crippen LogP contribution >= 0.6 is 0 Å². The summed E-state index contributed by atoms with van der Waals surface area (Å²) in [5, 5.41) is 32.4. The second-order valence-corrected chi connectivity index (χ2v) is 3.51. The van der Waals surface area contributed by atoms with Crippen LogP contribution in [0.15, 0.2) is 12.3 Å². The smallest absolute Gasteiger partial charge is 0.392 e. The molecule has 112 valence electrons. The highest BCUT2D eigenvalue weighted by Crippen LogP contribution is 2.46. The third kappa shape index (κ3) is 3.20. The van der Waals surface area contributed by atoms with Crippen LogP contribution in [0.1, 0.15) is 5.56 Å². The Hall–Kier alpha value is -3.24. The molecule has 0 heterocycles. The van der Waals surface area contributed by atoms with E-state index in [9.17, 15) is 30.3 Å². The van der Waals surface area contributed by atoms with Gasteiger partial charge in [0.2, 0.25) is 17.7 Å². The van der Waals surface area contributed by atoms with Gasteiger partial charge in [-0.1, -0.05) is 0 Å². The minimum Gasteiger partial charge on any atom is -0.490 e. The lowest BCUT2D eigenvalue weighted by Gasteiger charge is -2.08. The van der Waals surface area contributed by atoms with Crippen LogP contribution in [0, 0.1) is 30.3 Å². The number of hydrogen-bond acceptors (Lipinski definition) is 8. The number of benzene rings is 1. The minimum atomic E-state index is -1.01. The van der Waals surface area contributed by atoms with Crippen molar-refractivity contribution in [3.05, 3.63) is 48.2 Å². The van der Waals surface area contributed by atoms with E-state index in [2.05, 4.69) is 0 Å². The van der Waals surface area contributed by atoms with Crippen molar-refractivity contribution in [2.24, 2.45) is 0 Å². The Kier molecular flexibility index (Phi) is 4.72. The van der Waals surface area contributed by atoms with E-state index < -0.39 is 37.6 Å². The summed E-state index contributed by atoms with van der Waals surface area (Å²) >= 11 is 0. The first kappa shape index (κ1) is 15.8. The fourth-order valence-corrected chi connectivity index (χ4v) is 1.62. The zero-order chi connectivity index (χ0) is 16.2. The number of methoxy groups -OCH3 is 2. The SMILES string of the molecule is COc1cc(/C=C/[N+](=O)[O-])c(OC)c([N+](=O)[O-])c1[N+](=O)[O-]. The van der Waals surface area contributed by atoms with Gasteiger partial charge in [0, 0.05) is 11.6 Å². The minimum absolute atomic E-state index is 0.0941. The second kappa shape index (κ2) is 6.27. The van der Waals surface area contributed by atoms with Crippen molar-refractivity contribution in [2.75, 3.05) is 14.2 Å². The van der Waals surface area contributed by atoms with Crippen LogP contribution in [0.3, 0.4) is 0 Å². The molecule has 0 aliphatic rings. The fourth-order valence-electron chi connectivity index (χ4n) is 1.62. The average molecular weight is 299 g/mol. The third-order valence-corrected chi connectivity index (χ3v) is 2.39. The van der Waals surface area contributed by atoms with Crippen molar-refractivity contribution < 1.29 is 24.2 Å². The second-order valence-electron chi connectivity index (χ2n) is 3.51. The van der Waals surface area contributed by atoms with Crippen LogP contribution in [0.25, 0.3) is 6.08 Å². The van der Waals surface area contributed by atoms with E-state index in [-0.39, 0.29) is 5.56 Å². The van der Waals surface area contributed by atoms with Gasteiger partial charge in [-0.3, -0.25) is 30.3 Å². The molecular weight excluding hydrogens is 290 g/mol. The Morgan fingerprint density at radius 3 is 1.95 bits per heavy atom. The van der Waals surface area contributed by atoms with Crippen LogP contribution in [0.5, 0.6) is 11.5 Å². The van der Waals surface area contributed by atoms with Gasteiger partial charge in [-0.15, -0.1) is 0 Å². The van der Waals surface area contributed by atoms with Gasteiger partial charge >= 0.3 is 11.4 Å². The molecule has 11 heteroatoms. The maximum Gasteiger partial charge on any atom is 0.392 e. The van der Waals surface area contributed by atoms with Gasteiger partial charge in [-0.2, -0.15) is 0 Å². The standard InChI is InChI=1S/C10H9N3O8/c1-20-7-5-6(3-4-11(14)15)10(21-2)9(13(18)19)8(7)12(16)17/h3-5H,1-2H3/b4-3+. The molecule has 0 fully saturated rings. The van der Waals surface area contributed by atoms with Crippen LogP contribution in [0.2, 0.25) is 0 Å². The highest BCUT2D eigenvalue weighted by Gasteiger charge is 2.36. The summed E-state index contributed by atoms with van der Waals surface area (Å²) in [7, 11) is 2.14. The molecule has 0 aromatic heterocycles. The first-order valence-electron chi connectivity index (χ1n) is 5.22. The quantitative estimate of drug-likeness (QED) is 0.569. The molecule has 0 aliphatic heterocycles. The summed E-state index contributed by atoms with van der Waals surface area (Å²) in [4.78, 5) is 29.6.